The van der Waals surface area contributed by atoms with Gasteiger partial charge < -0.3 is 5.32 Å². The first-order chi connectivity index (χ1) is 7.28. The van der Waals surface area contributed by atoms with Gasteiger partial charge in [0.15, 0.2) is 0 Å². The fourth-order valence-corrected chi connectivity index (χ4v) is 3.69. The molecule has 0 saturated heterocycles. The highest BCUT2D eigenvalue weighted by Gasteiger charge is 2.21. The van der Waals surface area contributed by atoms with E-state index in [1.807, 2.05) is 6.07 Å². The predicted octanol–water partition coefficient (Wildman–Crippen LogP) is 3.72. The average Bonchev–Trinajstić information content (AvgIpc) is 2.64. The molecule has 0 aromatic carbocycles. The third-order valence-corrected chi connectivity index (χ3v) is 4.56. The quantitative estimate of drug-likeness (QED) is 0.853. The SMILES string of the molecule is CNC1CCCC(Cc2ccc(Cl)s2)C1. The predicted molar refractivity (Wildman–Crippen MR) is 67.8 cm³/mol. The maximum atomic E-state index is 5.94. The normalized spacial score (nSPS) is 26.8. The molecule has 84 valence electrons. The summed E-state index contributed by atoms with van der Waals surface area (Å²) in [7, 11) is 2.08. The Balaban J connectivity index is 1.88. The summed E-state index contributed by atoms with van der Waals surface area (Å²) in [5, 5.41) is 3.40. The monoisotopic (exact) mass is 243 g/mol. The molecule has 1 nitrogen and oxygen atoms in total. The summed E-state index contributed by atoms with van der Waals surface area (Å²) in [5.74, 6) is 0.853. The van der Waals surface area contributed by atoms with Crippen LogP contribution in [0.1, 0.15) is 30.6 Å². The lowest BCUT2D eigenvalue weighted by Crippen LogP contribution is -2.31. The Hall–Kier alpha value is -0.0500. The van der Waals surface area contributed by atoms with Gasteiger partial charge in [0.2, 0.25) is 0 Å². The fraction of sp³-hybridized carbons (Fsp3) is 0.667. The van der Waals surface area contributed by atoms with Crippen LogP contribution in [0, 0.1) is 5.92 Å². The minimum atomic E-state index is 0.735. The minimum absolute atomic E-state index is 0.735. The van der Waals surface area contributed by atoms with Crippen molar-refractivity contribution in [3.8, 4) is 0 Å². The molecule has 15 heavy (non-hydrogen) atoms. The van der Waals surface area contributed by atoms with Gasteiger partial charge in [0.25, 0.3) is 0 Å². The highest BCUT2D eigenvalue weighted by atomic mass is 35.5. The van der Waals surface area contributed by atoms with Crippen molar-refractivity contribution in [1.82, 2.24) is 5.32 Å². The molecule has 1 aromatic rings. The van der Waals surface area contributed by atoms with Gasteiger partial charge in [-0.3, -0.25) is 0 Å². The summed E-state index contributed by atoms with van der Waals surface area (Å²) < 4.78 is 0.922. The second kappa shape index (κ2) is 5.33. The molecule has 2 atom stereocenters. The number of rotatable bonds is 3. The Kier molecular flexibility index (Phi) is 4.06. The van der Waals surface area contributed by atoms with Gasteiger partial charge in [-0.15, -0.1) is 11.3 Å². The van der Waals surface area contributed by atoms with Crippen LogP contribution in [0.2, 0.25) is 4.34 Å². The number of hydrogen-bond donors (Lipinski definition) is 1. The Bertz CT molecular complexity index is 310. The van der Waals surface area contributed by atoms with Gasteiger partial charge in [0.05, 0.1) is 4.34 Å². The third kappa shape index (κ3) is 3.20. The summed E-state index contributed by atoms with van der Waals surface area (Å²) >= 11 is 7.68. The van der Waals surface area contributed by atoms with Crippen LogP contribution in [0.15, 0.2) is 12.1 Å². The lowest BCUT2D eigenvalue weighted by Gasteiger charge is -2.28. The molecule has 1 fully saturated rings. The van der Waals surface area contributed by atoms with E-state index in [4.69, 9.17) is 11.6 Å². The van der Waals surface area contributed by atoms with E-state index in [9.17, 15) is 0 Å². The van der Waals surface area contributed by atoms with E-state index in [0.717, 1.165) is 16.3 Å². The van der Waals surface area contributed by atoms with Crippen LogP contribution < -0.4 is 5.32 Å². The van der Waals surface area contributed by atoms with Crippen LogP contribution in [0.3, 0.4) is 0 Å². The van der Waals surface area contributed by atoms with Crippen LogP contribution in [0.5, 0.6) is 0 Å². The smallest absolute Gasteiger partial charge is 0.0931 e. The standard InChI is InChI=1S/C12H18ClNS/c1-14-10-4-2-3-9(7-10)8-11-5-6-12(13)15-11/h5-6,9-10,14H,2-4,7-8H2,1H3. The molecule has 2 rings (SSSR count). The summed E-state index contributed by atoms with van der Waals surface area (Å²) in [6, 6.07) is 4.93. The highest BCUT2D eigenvalue weighted by Crippen LogP contribution is 2.30. The Morgan fingerprint density at radius 3 is 3.00 bits per heavy atom. The van der Waals surface area contributed by atoms with E-state index < -0.39 is 0 Å². The van der Waals surface area contributed by atoms with Crippen LogP contribution in [-0.4, -0.2) is 13.1 Å². The molecule has 1 aliphatic rings. The van der Waals surface area contributed by atoms with Crippen LogP contribution in [0.25, 0.3) is 0 Å². The van der Waals surface area contributed by atoms with Crippen LogP contribution in [0.4, 0.5) is 0 Å². The van der Waals surface area contributed by atoms with E-state index in [1.54, 1.807) is 11.3 Å². The van der Waals surface area contributed by atoms with Gasteiger partial charge in [-0.05, 0) is 50.8 Å². The van der Waals surface area contributed by atoms with Crippen molar-refractivity contribution in [3.63, 3.8) is 0 Å². The molecule has 1 aromatic heterocycles. The molecule has 1 N–H and O–H groups in total. The first-order valence-corrected chi connectivity index (χ1v) is 6.89. The van der Waals surface area contributed by atoms with Crippen molar-refractivity contribution in [3.05, 3.63) is 21.3 Å². The molecule has 1 heterocycles. The largest absolute Gasteiger partial charge is 0.317 e. The number of thiophene rings is 1. The zero-order chi connectivity index (χ0) is 10.7. The molecule has 0 amide bonds. The molecule has 1 aliphatic carbocycles. The van der Waals surface area contributed by atoms with Crippen LogP contribution in [-0.2, 0) is 6.42 Å². The number of halogens is 1. The zero-order valence-corrected chi connectivity index (χ0v) is 10.7. The Labute approximate surface area is 101 Å². The molecule has 0 radical (unpaired) electrons. The summed E-state index contributed by atoms with van der Waals surface area (Å²) in [4.78, 5) is 1.45. The maximum absolute atomic E-state index is 5.94. The van der Waals surface area contributed by atoms with E-state index in [2.05, 4.69) is 18.4 Å². The van der Waals surface area contributed by atoms with Crippen molar-refractivity contribution >= 4 is 22.9 Å². The van der Waals surface area contributed by atoms with E-state index in [0.29, 0.717) is 0 Å². The number of hydrogen-bond acceptors (Lipinski definition) is 2. The summed E-state index contributed by atoms with van der Waals surface area (Å²) in [5.41, 5.74) is 0. The molecule has 0 bridgehead atoms. The number of nitrogens with one attached hydrogen (secondary N) is 1. The first kappa shape index (κ1) is 11.4. The zero-order valence-electron chi connectivity index (χ0n) is 9.13. The molecule has 1 saturated carbocycles. The molecule has 3 heteroatoms. The first-order valence-electron chi connectivity index (χ1n) is 5.69. The van der Waals surface area contributed by atoms with Gasteiger partial charge in [-0.1, -0.05) is 18.0 Å². The van der Waals surface area contributed by atoms with Gasteiger partial charge in [-0.25, -0.2) is 0 Å². The average molecular weight is 244 g/mol. The Morgan fingerprint density at radius 1 is 1.47 bits per heavy atom. The van der Waals surface area contributed by atoms with Crippen molar-refractivity contribution in [1.29, 1.82) is 0 Å². The Morgan fingerprint density at radius 2 is 2.33 bits per heavy atom. The minimum Gasteiger partial charge on any atom is -0.317 e. The molecule has 0 aliphatic heterocycles. The van der Waals surface area contributed by atoms with Crippen molar-refractivity contribution in [2.45, 2.75) is 38.1 Å². The van der Waals surface area contributed by atoms with Crippen molar-refractivity contribution < 1.29 is 0 Å². The van der Waals surface area contributed by atoms with Crippen molar-refractivity contribution in [2.75, 3.05) is 7.05 Å². The molecular formula is C12H18ClNS. The van der Waals surface area contributed by atoms with Gasteiger partial charge in [0, 0.05) is 10.9 Å². The van der Waals surface area contributed by atoms with Gasteiger partial charge >= 0.3 is 0 Å². The van der Waals surface area contributed by atoms with Gasteiger partial charge in [-0.2, -0.15) is 0 Å². The molecule has 2 unspecified atom stereocenters. The van der Waals surface area contributed by atoms with E-state index in [-0.39, 0.29) is 0 Å². The van der Waals surface area contributed by atoms with Gasteiger partial charge in [0.1, 0.15) is 0 Å². The maximum Gasteiger partial charge on any atom is 0.0931 e. The molecular weight excluding hydrogens is 226 g/mol. The summed E-state index contributed by atoms with van der Waals surface area (Å²) in [6.07, 6.45) is 6.64. The lowest BCUT2D eigenvalue weighted by atomic mass is 9.83. The van der Waals surface area contributed by atoms with Crippen LogP contribution >= 0.6 is 22.9 Å². The van der Waals surface area contributed by atoms with Crippen molar-refractivity contribution in [2.24, 2.45) is 5.92 Å². The third-order valence-electron chi connectivity index (χ3n) is 3.31. The topological polar surface area (TPSA) is 12.0 Å². The fourth-order valence-electron chi connectivity index (χ4n) is 2.48. The highest BCUT2D eigenvalue weighted by molar-refractivity contribution is 7.16. The lowest BCUT2D eigenvalue weighted by molar-refractivity contribution is 0.295. The summed E-state index contributed by atoms with van der Waals surface area (Å²) in [6.45, 7) is 0. The second-order valence-electron chi connectivity index (χ2n) is 4.43. The van der Waals surface area contributed by atoms with E-state index >= 15 is 0 Å². The second-order valence-corrected chi connectivity index (χ2v) is 6.23. The molecule has 0 spiro atoms. The van der Waals surface area contributed by atoms with E-state index in [1.165, 1.54) is 37.0 Å².